The van der Waals surface area contributed by atoms with Crippen molar-refractivity contribution in [3.63, 3.8) is 0 Å². The van der Waals surface area contributed by atoms with Crippen LogP contribution in [0.2, 0.25) is 0 Å². The van der Waals surface area contributed by atoms with Gasteiger partial charge in [0.15, 0.2) is 5.60 Å². The predicted octanol–water partition coefficient (Wildman–Crippen LogP) is 1.19. The first-order valence-corrected chi connectivity index (χ1v) is 8.55. The average Bonchev–Trinajstić information content (AvgIpc) is 2.59. The second kappa shape index (κ2) is 8.18. The van der Waals surface area contributed by atoms with Crippen molar-refractivity contribution in [2.45, 2.75) is 32.3 Å². The van der Waals surface area contributed by atoms with Crippen molar-refractivity contribution < 1.29 is 24.6 Å². The van der Waals surface area contributed by atoms with E-state index in [1.165, 1.54) is 0 Å². The van der Waals surface area contributed by atoms with E-state index in [0.717, 1.165) is 12.5 Å². The van der Waals surface area contributed by atoms with Gasteiger partial charge in [0, 0.05) is 18.8 Å². The van der Waals surface area contributed by atoms with E-state index in [-0.39, 0.29) is 25.0 Å². The first kappa shape index (κ1) is 19.7. The number of carbonyl (C=O) groups is 3. The summed E-state index contributed by atoms with van der Waals surface area (Å²) in [6.45, 7) is 3.47. The molecule has 3 amide bonds. The normalized spacial score (nSPS) is 19.3. The molecule has 0 aliphatic carbocycles. The Morgan fingerprint density at radius 2 is 2.08 bits per heavy atom. The van der Waals surface area contributed by atoms with Crippen LogP contribution in [0.5, 0.6) is 0 Å². The Bertz CT molecular complexity index is 689. The maximum absolute atomic E-state index is 12.4. The molecule has 0 radical (unpaired) electrons. The number of aliphatic hydroxyl groups is 1. The van der Waals surface area contributed by atoms with Crippen LogP contribution in [0.25, 0.3) is 0 Å². The van der Waals surface area contributed by atoms with Crippen LogP contribution in [0, 0.1) is 12.8 Å². The molecule has 0 spiro atoms. The van der Waals surface area contributed by atoms with E-state index in [1.807, 2.05) is 25.1 Å². The van der Waals surface area contributed by atoms with Crippen LogP contribution in [0.15, 0.2) is 24.3 Å². The number of hydrogen-bond acceptors (Lipinski definition) is 4. The highest BCUT2D eigenvalue weighted by atomic mass is 16.4. The van der Waals surface area contributed by atoms with Gasteiger partial charge in [0.2, 0.25) is 5.91 Å². The molecule has 2 rings (SSSR count). The van der Waals surface area contributed by atoms with Crippen LogP contribution < -0.4 is 10.6 Å². The first-order chi connectivity index (χ1) is 12.2. The number of benzene rings is 1. The van der Waals surface area contributed by atoms with Gasteiger partial charge in [-0.25, -0.2) is 9.59 Å². The van der Waals surface area contributed by atoms with Gasteiger partial charge in [-0.15, -0.1) is 0 Å². The molecule has 26 heavy (non-hydrogen) atoms. The zero-order valence-electron chi connectivity index (χ0n) is 15.0. The highest BCUT2D eigenvalue weighted by molar-refractivity contribution is 5.90. The molecular formula is C18H25N3O5. The maximum atomic E-state index is 12.4. The van der Waals surface area contributed by atoms with E-state index >= 15 is 0 Å². The number of carboxylic acids is 1. The molecule has 1 aliphatic rings. The number of carboxylic acid groups (broad SMARTS) is 1. The predicted molar refractivity (Wildman–Crippen MR) is 95.8 cm³/mol. The van der Waals surface area contributed by atoms with Crippen molar-refractivity contribution in [3.05, 3.63) is 29.8 Å². The van der Waals surface area contributed by atoms with Gasteiger partial charge in [-0.05, 0) is 44.4 Å². The molecule has 2 atom stereocenters. The number of rotatable bonds is 5. The van der Waals surface area contributed by atoms with Crippen molar-refractivity contribution in [2.24, 2.45) is 5.92 Å². The largest absolute Gasteiger partial charge is 0.479 e. The van der Waals surface area contributed by atoms with Gasteiger partial charge in [0.25, 0.3) is 0 Å². The van der Waals surface area contributed by atoms with E-state index in [2.05, 4.69) is 10.6 Å². The van der Waals surface area contributed by atoms with Crippen molar-refractivity contribution in [1.82, 2.24) is 10.2 Å². The zero-order valence-corrected chi connectivity index (χ0v) is 15.0. The first-order valence-electron chi connectivity index (χ1n) is 8.55. The van der Waals surface area contributed by atoms with Crippen LogP contribution in [0.3, 0.4) is 0 Å². The van der Waals surface area contributed by atoms with Gasteiger partial charge in [0.05, 0.1) is 12.5 Å². The molecule has 1 aromatic carbocycles. The number of nitrogens with one attached hydrogen (secondary N) is 2. The molecule has 1 fully saturated rings. The van der Waals surface area contributed by atoms with Gasteiger partial charge < -0.3 is 25.7 Å². The van der Waals surface area contributed by atoms with E-state index < -0.39 is 17.5 Å². The monoisotopic (exact) mass is 363 g/mol. The SMILES string of the molecule is Cc1cccc(NC(=O)N2CCCC(C(=O)NCC(C)(O)C(=O)O)C2)c1. The lowest BCUT2D eigenvalue weighted by atomic mass is 9.97. The quantitative estimate of drug-likeness (QED) is 0.627. The summed E-state index contributed by atoms with van der Waals surface area (Å²) in [5.41, 5.74) is -0.296. The molecule has 2 unspecified atom stereocenters. The van der Waals surface area contributed by atoms with E-state index in [1.54, 1.807) is 11.0 Å². The lowest BCUT2D eigenvalue weighted by Crippen LogP contribution is -2.51. The molecule has 1 aliphatic heterocycles. The number of anilines is 1. The Hall–Kier alpha value is -2.61. The minimum atomic E-state index is -2.02. The van der Waals surface area contributed by atoms with Gasteiger partial charge >= 0.3 is 12.0 Å². The second-order valence-electron chi connectivity index (χ2n) is 6.88. The van der Waals surface area contributed by atoms with Crippen molar-refractivity contribution in [3.8, 4) is 0 Å². The number of piperidine rings is 1. The summed E-state index contributed by atoms with van der Waals surface area (Å²) in [6.07, 6.45) is 1.28. The molecule has 8 heteroatoms. The summed E-state index contributed by atoms with van der Waals surface area (Å²) >= 11 is 0. The fourth-order valence-electron chi connectivity index (χ4n) is 2.78. The second-order valence-corrected chi connectivity index (χ2v) is 6.88. The van der Waals surface area contributed by atoms with Crippen molar-refractivity contribution >= 4 is 23.6 Å². The van der Waals surface area contributed by atoms with Crippen molar-refractivity contribution in [2.75, 3.05) is 25.0 Å². The molecule has 8 nitrogen and oxygen atoms in total. The molecule has 1 aromatic rings. The van der Waals surface area contributed by atoms with Gasteiger partial charge in [-0.1, -0.05) is 12.1 Å². The third-order valence-corrected chi connectivity index (χ3v) is 4.42. The Labute approximate surface area is 152 Å². The molecule has 0 aromatic heterocycles. The van der Waals surface area contributed by atoms with E-state index in [0.29, 0.717) is 25.1 Å². The topological polar surface area (TPSA) is 119 Å². The van der Waals surface area contributed by atoms with E-state index in [9.17, 15) is 19.5 Å². The molecular weight excluding hydrogens is 338 g/mol. The third-order valence-electron chi connectivity index (χ3n) is 4.42. The number of amides is 3. The Balaban J connectivity index is 1.90. The summed E-state index contributed by atoms with van der Waals surface area (Å²) in [7, 11) is 0. The molecule has 142 valence electrons. The number of hydrogen-bond donors (Lipinski definition) is 4. The highest BCUT2D eigenvalue weighted by Gasteiger charge is 2.33. The minimum absolute atomic E-state index is 0.249. The Morgan fingerprint density at radius 3 is 2.73 bits per heavy atom. The number of aryl methyl sites for hydroxylation is 1. The molecule has 0 bridgehead atoms. The van der Waals surface area contributed by atoms with Crippen LogP contribution in [-0.2, 0) is 9.59 Å². The van der Waals surface area contributed by atoms with Crippen molar-refractivity contribution in [1.29, 1.82) is 0 Å². The Morgan fingerprint density at radius 1 is 1.35 bits per heavy atom. The maximum Gasteiger partial charge on any atom is 0.337 e. The lowest BCUT2D eigenvalue weighted by Gasteiger charge is -2.32. The highest BCUT2D eigenvalue weighted by Crippen LogP contribution is 2.19. The summed E-state index contributed by atoms with van der Waals surface area (Å²) < 4.78 is 0. The fraction of sp³-hybridized carbons (Fsp3) is 0.500. The van der Waals surface area contributed by atoms with Gasteiger partial charge in [0.1, 0.15) is 0 Å². The smallest absolute Gasteiger partial charge is 0.337 e. The fourth-order valence-corrected chi connectivity index (χ4v) is 2.78. The summed E-state index contributed by atoms with van der Waals surface area (Å²) in [5.74, 6) is -2.20. The standard InChI is InChI=1S/C18H25N3O5/c1-12-5-3-7-14(9-12)20-17(25)21-8-4-6-13(10-21)15(22)19-11-18(2,26)16(23)24/h3,5,7,9,13,26H,4,6,8,10-11H2,1-2H3,(H,19,22)(H,20,25)(H,23,24). The van der Waals surface area contributed by atoms with Crippen LogP contribution in [0.4, 0.5) is 10.5 Å². The number of aliphatic carboxylic acids is 1. The molecule has 1 saturated heterocycles. The van der Waals surface area contributed by atoms with Gasteiger partial charge in [-0.3, -0.25) is 4.79 Å². The number of likely N-dealkylation sites (tertiary alicyclic amines) is 1. The van der Waals surface area contributed by atoms with E-state index in [4.69, 9.17) is 5.11 Å². The van der Waals surface area contributed by atoms with Crippen LogP contribution >= 0.6 is 0 Å². The number of urea groups is 1. The number of carbonyl (C=O) groups excluding carboxylic acids is 2. The molecule has 1 heterocycles. The summed E-state index contributed by atoms with van der Waals surface area (Å²) in [5, 5.41) is 23.8. The molecule has 4 N–H and O–H groups in total. The Kier molecular flexibility index (Phi) is 6.20. The molecule has 0 saturated carbocycles. The summed E-state index contributed by atoms with van der Waals surface area (Å²) in [4.78, 5) is 37.1. The van der Waals surface area contributed by atoms with Gasteiger partial charge in [-0.2, -0.15) is 0 Å². The average molecular weight is 363 g/mol. The van der Waals surface area contributed by atoms with Crippen LogP contribution in [0.1, 0.15) is 25.3 Å². The third kappa shape index (κ3) is 5.19. The summed E-state index contributed by atoms with van der Waals surface area (Å²) in [6, 6.07) is 7.17. The lowest BCUT2D eigenvalue weighted by molar-refractivity contribution is -0.156. The number of nitrogens with zero attached hydrogens (tertiary/aromatic N) is 1. The minimum Gasteiger partial charge on any atom is -0.479 e. The zero-order chi connectivity index (χ0) is 19.3. The van der Waals surface area contributed by atoms with Crippen LogP contribution in [-0.4, -0.2) is 58.3 Å².